The molecule has 0 spiro atoms. The summed E-state index contributed by atoms with van der Waals surface area (Å²) >= 11 is 11.4. The molecule has 2 heterocycles. The summed E-state index contributed by atoms with van der Waals surface area (Å²) in [5.41, 5.74) is -0.422. The molecule has 18 heavy (non-hydrogen) atoms. The summed E-state index contributed by atoms with van der Waals surface area (Å²) in [5, 5.41) is 3.70. The van der Waals surface area contributed by atoms with Gasteiger partial charge in [0.05, 0.1) is 12.9 Å². The molecule has 3 rings (SSSR count). The first-order valence-electron chi connectivity index (χ1n) is 5.38. The summed E-state index contributed by atoms with van der Waals surface area (Å²) in [4.78, 5) is 19.8. The van der Waals surface area contributed by atoms with Gasteiger partial charge in [0.25, 0.3) is 5.56 Å². The molecule has 0 atom stereocenters. The number of aromatic nitrogens is 4. The normalized spacial score (nSPS) is 15.0. The Labute approximate surface area is 112 Å². The average Bonchev–Trinajstić information content (AvgIpc) is 3.11. The smallest absolute Gasteiger partial charge is 0.274 e. The quantitative estimate of drug-likeness (QED) is 0.805. The van der Waals surface area contributed by atoms with Gasteiger partial charge in [-0.3, -0.25) is 9.36 Å². The van der Waals surface area contributed by atoms with E-state index in [1.807, 2.05) is 0 Å². The summed E-state index contributed by atoms with van der Waals surface area (Å²) in [7, 11) is 0. The highest BCUT2D eigenvalue weighted by molar-refractivity contribution is 6.40. The van der Waals surface area contributed by atoms with Crippen LogP contribution in [0.15, 0.2) is 15.6 Å². The summed E-state index contributed by atoms with van der Waals surface area (Å²) in [5.74, 6) is 1.44. The number of nitrogens with zero attached hydrogens (tertiary/aromatic N) is 4. The fourth-order valence-corrected chi connectivity index (χ4v) is 1.82. The van der Waals surface area contributed by atoms with Crippen molar-refractivity contribution in [1.29, 1.82) is 0 Å². The Kier molecular flexibility index (Phi) is 2.83. The minimum absolute atomic E-state index is 0.00954. The van der Waals surface area contributed by atoms with Gasteiger partial charge in [0, 0.05) is 5.92 Å². The SMILES string of the molecule is O=c1c(Cl)c(Cl)ncn1Cc1noc(C2CC2)n1. The van der Waals surface area contributed by atoms with Gasteiger partial charge in [-0.15, -0.1) is 0 Å². The Morgan fingerprint density at radius 2 is 2.22 bits per heavy atom. The Morgan fingerprint density at radius 3 is 2.94 bits per heavy atom. The Bertz CT molecular complexity index is 648. The van der Waals surface area contributed by atoms with Crippen LogP contribution in [0, 0.1) is 0 Å². The maximum Gasteiger partial charge on any atom is 0.274 e. The zero-order valence-corrected chi connectivity index (χ0v) is 10.6. The van der Waals surface area contributed by atoms with Crippen molar-refractivity contribution in [2.45, 2.75) is 25.3 Å². The van der Waals surface area contributed by atoms with Gasteiger partial charge in [0.15, 0.2) is 11.0 Å². The Hall–Kier alpha value is -1.40. The molecule has 0 aliphatic heterocycles. The monoisotopic (exact) mass is 286 g/mol. The van der Waals surface area contributed by atoms with E-state index in [0.29, 0.717) is 17.6 Å². The number of rotatable bonds is 3. The molecule has 1 fully saturated rings. The van der Waals surface area contributed by atoms with E-state index >= 15 is 0 Å². The highest BCUT2D eigenvalue weighted by atomic mass is 35.5. The first-order valence-corrected chi connectivity index (χ1v) is 6.13. The van der Waals surface area contributed by atoms with E-state index in [1.54, 1.807) is 0 Å². The lowest BCUT2D eigenvalue weighted by atomic mass is 10.4. The summed E-state index contributed by atoms with van der Waals surface area (Å²) in [6.07, 6.45) is 3.47. The van der Waals surface area contributed by atoms with Crippen molar-refractivity contribution in [3.63, 3.8) is 0 Å². The third-order valence-corrected chi connectivity index (χ3v) is 3.39. The van der Waals surface area contributed by atoms with Crippen LogP contribution < -0.4 is 5.56 Å². The number of hydrogen-bond donors (Lipinski definition) is 0. The molecule has 94 valence electrons. The van der Waals surface area contributed by atoms with Crippen LogP contribution in [0.2, 0.25) is 10.2 Å². The highest BCUT2D eigenvalue weighted by Crippen LogP contribution is 2.38. The predicted molar refractivity (Wildman–Crippen MR) is 63.9 cm³/mol. The molecule has 1 saturated carbocycles. The second kappa shape index (κ2) is 4.37. The fraction of sp³-hybridized carbons (Fsp3) is 0.400. The maximum absolute atomic E-state index is 11.8. The standard InChI is InChI=1S/C10H8Cl2N4O2/c11-7-8(12)13-4-16(10(7)17)3-6-14-9(18-15-6)5-1-2-5/h4-5H,1-3H2. The third kappa shape index (κ3) is 2.13. The molecule has 0 N–H and O–H groups in total. The maximum atomic E-state index is 11.8. The molecule has 0 aromatic carbocycles. The van der Waals surface area contributed by atoms with Gasteiger partial charge < -0.3 is 4.52 Å². The first kappa shape index (κ1) is 11.7. The van der Waals surface area contributed by atoms with Gasteiger partial charge in [-0.25, -0.2) is 4.98 Å². The second-order valence-corrected chi connectivity index (χ2v) is 4.84. The molecular weight excluding hydrogens is 279 g/mol. The molecule has 0 bridgehead atoms. The largest absolute Gasteiger partial charge is 0.339 e. The predicted octanol–water partition coefficient (Wildman–Crippen LogP) is 1.86. The summed E-state index contributed by atoms with van der Waals surface area (Å²) in [6.45, 7) is 0.166. The van der Waals surface area contributed by atoms with Crippen LogP contribution in [0.3, 0.4) is 0 Å². The van der Waals surface area contributed by atoms with E-state index in [1.165, 1.54) is 10.9 Å². The van der Waals surface area contributed by atoms with Crippen LogP contribution in [0.25, 0.3) is 0 Å². The minimum Gasteiger partial charge on any atom is -0.339 e. The minimum atomic E-state index is -0.422. The van der Waals surface area contributed by atoms with Crippen molar-refractivity contribution in [1.82, 2.24) is 19.7 Å². The van der Waals surface area contributed by atoms with Crippen molar-refractivity contribution in [2.75, 3.05) is 0 Å². The lowest BCUT2D eigenvalue weighted by molar-refractivity contribution is 0.373. The Balaban J connectivity index is 1.87. The van der Waals surface area contributed by atoms with Gasteiger partial charge in [-0.2, -0.15) is 4.98 Å². The topological polar surface area (TPSA) is 73.8 Å². The van der Waals surface area contributed by atoms with E-state index in [2.05, 4.69) is 15.1 Å². The third-order valence-electron chi connectivity index (χ3n) is 2.66. The van der Waals surface area contributed by atoms with E-state index in [0.717, 1.165) is 12.8 Å². The van der Waals surface area contributed by atoms with Gasteiger partial charge in [-0.05, 0) is 12.8 Å². The molecule has 2 aromatic heterocycles. The van der Waals surface area contributed by atoms with Crippen LogP contribution in [0.4, 0.5) is 0 Å². The summed E-state index contributed by atoms with van der Waals surface area (Å²) in [6, 6.07) is 0. The van der Waals surface area contributed by atoms with Crippen molar-refractivity contribution in [3.8, 4) is 0 Å². The molecule has 1 aliphatic carbocycles. The zero-order valence-electron chi connectivity index (χ0n) is 9.14. The van der Waals surface area contributed by atoms with Crippen LogP contribution in [-0.2, 0) is 6.54 Å². The molecule has 0 unspecified atom stereocenters. The molecule has 6 nitrogen and oxygen atoms in total. The van der Waals surface area contributed by atoms with E-state index in [9.17, 15) is 4.79 Å². The average molecular weight is 287 g/mol. The lowest BCUT2D eigenvalue weighted by Gasteiger charge is -2.02. The van der Waals surface area contributed by atoms with Gasteiger partial charge in [0.1, 0.15) is 5.02 Å². The van der Waals surface area contributed by atoms with Gasteiger partial charge >= 0.3 is 0 Å². The molecule has 8 heteroatoms. The number of hydrogen-bond acceptors (Lipinski definition) is 5. The van der Waals surface area contributed by atoms with Crippen LogP contribution >= 0.6 is 23.2 Å². The van der Waals surface area contributed by atoms with Crippen LogP contribution in [0.1, 0.15) is 30.5 Å². The number of halogens is 2. The van der Waals surface area contributed by atoms with E-state index < -0.39 is 5.56 Å². The lowest BCUT2D eigenvalue weighted by Crippen LogP contribution is -2.22. The van der Waals surface area contributed by atoms with Gasteiger partial charge in [-0.1, -0.05) is 28.4 Å². The van der Waals surface area contributed by atoms with Crippen LogP contribution in [-0.4, -0.2) is 19.7 Å². The first-order chi connectivity index (χ1) is 8.65. The second-order valence-electron chi connectivity index (χ2n) is 4.11. The Morgan fingerprint density at radius 1 is 1.44 bits per heavy atom. The molecule has 0 amide bonds. The van der Waals surface area contributed by atoms with Crippen molar-refractivity contribution in [2.24, 2.45) is 0 Å². The zero-order chi connectivity index (χ0) is 12.7. The molecule has 0 saturated heterocycles. The van der Waals surface area contributed by atoms with Gasteiger partial charge in [0.2, 0.25) is 5.89 Å². The molecule has 0 radical (unpaired) electrons. The van der Waals surface area contributed by atoms with E-state index in [-0.39, 0.29) is 16.7 Å². The van der Waals surface area contributed by atoms with Crippen molar-refractivity contribution < 1.29 is 4.52 Å². The molecular formula is C10H8Cl2N4O2. The fourth-order valence-electron chi connectivity index (χ4n) is 1.54. The van der Waals surface area contributed by atoms with Crippen molar-refractivity contribution in [3.05, 3.63) is 38.6 Å². The van der Waals surface area contributed by atoms with E-state index in [4.69, 9.17) is 27.7 Å². The molecule has 2 aromatic rings. The van der Waals surface area contributed by atoms with Crippen molar-refractivity contribution >= 4 is 23.2 Å². The highest BCUT2D eigenvalue weighted by Gasteiger charge is 2.29. The van der Waals surface area contributed by atoms with Crippen LogP contribution in [0.5, 0.6) is 0 Å². The molecule has 1 aliphatic rings. The summed E-state index contributed by atoms with van der Waals surface area (Å²) < 4.78 is 6.39.